The molecule has 0 spiro atoms. The van der Waals surface area contributed by atoms with Crippen LogP contribution in [0.2, 0.25) is 0 Å². The molecule has 0 radical (unpaired) electrons. The van der Waals surface area contributed by atoms with Gasteiger partial charge in [0.25, 0.3) is 0 Å². The Hall–Kier alpha value is -0.0900. The van der Waals surface area contributed by atoms with E-state index in [1.165, 1.54) is 34.8 Å². The Morgan fingerprint density at radius 3 is 2.56 bits per heavy atom. The van der Waals surface area contributed by atoms with Crippen molar-refractivity contribution >= 4 is 22.6 Å². The Labute approximate surface area is 113 Å². The van der Waals surface area contributed by atoms with Gasteiger partial charge >= 0.3 is 0 Å². The highest BCUT2D eigenvalue weighted by Crippen LogP contribution is 2.10. The van der Waals surface area contributed by atoms with E-state index < -0.39 is 0 Å². The van der Waals surface area contributed by atoms with Crippen LogP contribution in [0.4, 0.5) is 0 Å². The molecule has 1 rings (SSSR count). The molecule has 0 aliphatic heterocycles. The predicted octanol–water partition coefficient (Wildman–Crippen LogP) is 4.00. The second-order valence-corrected chi connectivity index (χ2v) is 5.62. The summed E-state index contributed by atoms with van der Waals surface area (Å²) in [5, 5.41) is 3.53. The zero-order valence-electron chi connectivity index (χ0n) is 10.3. The smallest absolute Gasteiger partial charge is 0.0130 e. The lowest BCUT2D eigenvalue weighted by Crippen LogP contribution is -2.26. The van der Waals surface area contributed by atoms with Crippen molar-refractivity contribution in [3.8, 4) is 0 Å². The Kier molecular flexibility index (Phi) is 7.05. The highest BCUT2D eigenvalue weighted by Gasteiger charge is 2.00. The van der Waals surface area contributed by atoms with Crippen molar-refractivity contribution in [1.82, 2.24) is 5.32 Å². The van der Waals surface area contributed by atoms with Gasteiger partial charge in [0.2, 0.25) is 0 Å². The first kappa shape index (κ1) is 14.0. The average molecular weight is 331 g/mol. The molecule has 1 aromatic carbocycles. The fourth-order valence-corrected chi connectivity index (χ4v) is 2.12. The molecule has 0 saturated heterocycles. The van der Waals surface area contributed by atoms with Crippen molar-refractivity contribution in [2.75, 3.05) is 6.54 Å². The van der Waals surface area contributed by atoms with Gasteiger partial charge in [0.15, 0.2) is 0 Å². The molecule has 16 heavy (non-hydrogen) atoms. The molecule has 2 heteroatoms. The third-order valence-electron chi connectivity index (χ3n) is 2.76. The predicted molar refractivity (Wildman–Crippen MR) is 79.9 cm³/mol. The minimum absolute atomic E-state index is 0.656. The summed E-state index contributed by atoms with van der Waals surface area (Å²) in [5.74, 6) is 0. The molecule has 1 N–H and O–H groups in total. The number of benzene rings is 1. The highest BCUT2D eigenvalue weighted by atomic mass is 127. The second-order valence-electron chi connectivity index (χ2n) is 4.37. The van der Waals surface area contributed by atoms with Crippen LogP contribution in [0.3, 0.4) is 0 Å². The molecule has 0 aliphatic rings. The molecule has 1 atom stereocenters. The van der Waals surface area contributed by atoms with Crippen molar-refractivity contribution in [3.05, 3.63) is 33.4 Å². The quantitative estimate of drug-likeness (QED) is 0.745. The number of hydrogen-bond donors (Lipinski definition) is 1. The number of nitrogens with one attached hydrogen (secondary N) is 1. The van der Waals surface area contributed by atoms with Gasteiger partial charge < -0.3 is 5.32 Å². The number of rotatable bonds is 7. The maximum Gasteiger partial charge on any atom is 0.0130 e. The van der Waals surface area contributed by atoms with Gasteiger partial charge in [-0.2, -0.15) is 0 Å². The van der Waals surface area contributed by atoms with Crippen LogP contribution in [-0.4, -0.2) is 12.6 Å². The lowest BCUT2D eigenvalue weighted by Gasteiger charge is -2.12. The molecule has 0 saturated carbocycles. The van der Waals surface area contributed by atoms with Crippen LogP contribution in [0, 0.1) is 3.57 Å². The van der Waals surface area contributed by atoms with Crippen molar-refractivity contribution in [2.24, 2.45) is 0 Å². The molecular formula is C14H22IN. The summed E-state index contributed by atoms with van der Waals surface area (Å²) < 4.78 is 1.32. The largest absolute Gasteiger partial charge is 0.314 e. The third kappa shape index (κ3) is 5.85. The molecule has 0 fully saturated rings. The Morgan fingerprint density at radius 2 is 1.94 bits per heavy atom. The summed E-state index contributed by atoms with van der Waals surface area (Å²) in [5.41, 5.74) is 1.46. The van der Waals surface area contributed by atoms with Gasteiger partial charge in [-0.3, -0.25) is 0 Å². The molecule has 0 aromatic heterocycles. The Balaban J connectivity index is 2.17. The molecule has 0 aliphatic carbocycles. The molecule has 1 unspecified atom stereocenters. The van der Waals surface area contributed by atoms with Gasteiger partial charge in [-0.05, 0) is 79.4 Å². The average Bonchev–Trinajstić information content (AvgIpc) is 2.29. The number of hydrogen-bond acceptors (Lipinski definition) is 1. The first-order valence-electron chi connectivity index (χ1n) is 6.20. The topological polar surface area (TPSA) is 12.0 Å². The van der Waals surface area contributed by atoms with Crippen LogP contribution in [0.25, 0.3) is 0 Å². The van der Waals surface area contributed by atoms with Gasteiger partial charge in [0, 0.05) is 9.61 Å². The standard InChI is InChI=1S/C14H22IN/c1-3-11-16-12(2)5-4-6-13-7-9-14(15)10-8-13/h7-10,12,16H,3-6,11H2,1-2H3. The van der Waals surface area contributed by atoms with Crippen LogP contribution in [0.1, 0.15) is 38.7 Å². The zero-order valence-corrected chi connectivity index (χ0v) is 12.5. The fourth-order valence-electron chi connectivity index (χ4n) is 1.76. The summed E-state index contributed by atoms with van der Waals surface area (Å²) in [6.07, 6.45) is 4.97. The van der Waals surface area contributed by atoms with Crippen molar-refractivity contribution < 1.29 is 0 Å². The van der Waals surface area contributed by atoms with E-state index in [4.69, 9.17) is 0 Å². The molecular weight excluding hydrogens is 309 g/mol. The normalized spacial score (nSPS) is 12.7. The minimum Gasteiger partial charge on any atom is -0.314 e. The van der Waals surface area contributed by atoms with E-state index >= 15 is 0 Å². The maximum atomic E-state index is 3.53. The van der Waals surface area contributed by atoms with E-state index in [2.05, 4.69) is 66.0 Å². The van der Waals surface area contributed by atoms with Crippen LogP contribution in [0.15, 0.2) is 24.3 Å². The zero-order chi connectivity index (χ0) is 11.8. The Bertz CT molecular complexity index is 281. The third-order valence-corrected chi connectivity index (χ3v) is 3.48. The number of halogens is 1. The summed E-state index contributed by atoms with van der Waals surface area (Å²) in [6.45, 7) is 5.64. The Morgan fingerprint density at radius 1 is 1.25 bits per heavy atom. The van der Waals surface area contributed by atoms with E-state index in [9.17, 15) is 0 Å². The fraction of sp³-hybridized carbons (Fsp3) is 0.571. The lowest BCUT2D eigenvalue weighted by atomic mass is 10.1. The van der Waals surface area contributed by atoms with Gasteiger partial charge in [-0.1, -0.05) is 19.1 Å². The minimum atomic E-state index is 0.656. The molecule has 1 aromatic rings. The molecule has 0 amide bonds. The van der Waals surface area contributed by atoms with Crippen LogP contribution in [-0.2, 0) is 6.42 Å². The molecule has 90 valence electrons. The monoisotopic (exact) mass is 331 g/mol. The summed E-state index contributed by atoms with van der Waals surface area (Å²) in [6, 6.07) is 9.52. The summed E-state index contributed by atoms with van der Waals surface area (Å²) >= 11 is 2.35. The summed E-state index contributed by atoms with van der Waals surface area (Å²) in [7, 11) is 0. The van der Waals surface area contributed by atoms with Crippen molar-refractivity contribution in [3.63, 3.8) is 0 Å². The second kappa shape index (κ2) is 8.07. The molecule has 1 nitrogen and oxygen atoms in total. The molecule has 0 bridgehead atoms. The molecule has 0 heterocycles. The van der Waals surface area contributed by atoms with E-state index in [0.29, 0.717) is 6.04 Å². The van der Waals surface area contributed by atoms with Gasteiger partial charge in [0.1, 0.15) is 0 Å². The summed E-state index contributed by atoms with van der Waals surface area (Å²) in [4.78, 5) is 0. The SMILES string of the molecule is CCCNC(C)CCCc1ccc(I)cc1. The maximum absolute atomic E-state index is 3.53. The van der Waals surface area contributed by atoms with E-state index in [0.717, 1.165) is 6.54 Å². The van der Waals surface area contributed by atoms with Crippen molar-refractivity contribution in [2.45, 2.75) is 45.6 Å². The van der Waals surface area contributed by atoms with E-state index in [1.807, 2.05) is 0 Å². The highest BCUT2D eigenvalue weighted by molar-refractivity contribution is 14.1. The van der Waals surface area contributed by atoms with Crippen molar-refractivity contribution in [1.29, 1.82) is 0 Å². The van der Waals surface area contributed by atoms with Gasteiger partial charge in [0.05, 0.1) is 0 Å². The van der Waals surface area contributed by atoms with E-state index in [-0.39, 0.29) is 0 Å². The van der Waals surface area contributed by atoms with E-state index in [1.54, 1.807) is 0 Å². The van der Waals surface area contributed by atoms with Gasteiger partial charge in [-0.25, -0.2) is 0 Å². The number of aryl methyl sites for hydroxylation is 1. The van der Waals surface area contributed by atoms with Crippen LogP contribution in [0.5, 0.6) is 0 Å². The first-order valence-corrected chi connectivity index (χ1v) is 7.28. The van der Waals surface area contributed by atoms with Gasteiger partial charge in [-0.15, -0.1) is 0 Å². The van der Waals surface area contributed by atoms with Crippen LogP contribution < -0.4 is 5.32 Å². The lowest BCUT2D eigenvalue weighted by molar-refractivity contribution is 0.498. The van der Waals surface area contributed by atoms with Crippen LogP contribution >= 0.6 is 22.6 Å². The first-order chi connectivity index (χ1) is 7.72.